The standard InChI is InChI=1S/C6H12F3O4P/c1-3-5(4-2,6(7,8)9)13-14(10,11)12/h3-4H2,1-2H3,(H2,10,11,12). The Hall–Kier alpha value is -0.100. The largest absolute Gasteiger partial charge is 0.470 e. The molecule has 0 aliphatic heterocycles. The predicted octanol–water partition coefficient (Wildman–Crippen LogP) is 2.22. The fourth-order valence-electron chi connectivity index (χ4n) is 1.06. The third-order valence-electron chi connectivity index (χ3n) is 1.95. The SMILES string of the molecule is CCC(CC)(OP(=O)(O)O)C(F)(F)F. The highest BCUT2D eigenvalue weighted by atomic mass is 31.2. The van der Waals surface area contributed by atoms with Gasteiger partial charge in [-0.15, -0.1) is 0 Å². The van der Waals surface area contributed by atoms with Gasteiger partial charge < -0.3 is 9.79 Å². The minimum atomic E-state index is -5.14. The third-order valence-corrected chi connectivity index (χ3v) is 2.54. The first-order chi connectivity index (χ1) is 6.08. The molecule has 0 saturated carbocycles. The molecular formula is C6H12F3O4P. The van der Waals surface area contributed by atoms with E-state index < -0.39 is 32.4 Å². The lowest BCUT2D eigenvalue weighted by atomic mass is 9.97. The summed E-state index contributed by atoms with van der Waals surface area (Å²) in [6.45, 7) is 2.32. The summed E-state index contributed by atoms with van der Waals surface area (Å²) in [6, 6.07) is 0. The van der Waals surface area contributed by atoms with Crippen LogP contribution in [0, 0.1) is 0 Å². The molecule has 0 aromatic heterocycles. The number of rotatable bonds is 4. The summed E-state index contributed by atoms with van der Waals surface area (Å²) in [7, 11) is -5.14. The van der Waals surface area contributed by atoms with Gasteiger partial charge in [0, 0.05) is 0 Å². The zero-order chi connectivity index (χ0) is 11.6. The second kappa shape index (κ2) is 4.18. The van der Waals surface area contributed by atoms with E-state index in [0.717, 1.165) is 13.8 Å². The molecule has 0 bridgehead atoms. The number of phosphoric ester groups is 1. The molecule has 8 heteroatoms. The molecule has 0 spiro atoms. The first kappa shape index (κ1) is 13.9. The summed E-state index contributed by atoms with van der Waals surface area (Å²) in [4.78, 5) is 16.7. The quantitative estimate of drug-likeness (QED) is 0.734. The van der Waals surface area contributed by atoms with Gasteiger partial charge in [-0.2, -0.15) is 13.2 Å². The predicted molar refractivity (Wildman–Crippen MR) is 42.5 cm³/mol. The van der Waals surface area contributed by atoms with Crippen molar-refractivity contribution in [1.29, 1.82) is 0 Å². The summed E-state index contributed by atoms with van der Waals surface area (Å²) in [5, 5.41) is 0. The van der Waals surface area contributed by atoms with Crippen LogP contribution in [0.4, 0.5) is 13.2 Å². The van der Waals surface area contributed by atoms with Gasteiger partial charge in [0.25, 0.3) is 0 Å². The fraction of sp³-hybridized carbons (Fsp3) is 1.00. The van der Waals surface area contributed by atoms with Crippen LogP contribution in [0.15, 0.2) is 0 Å². The van der Waals surface area contributed by atoms with Gasteiger partial charge in [-0.1, -0.05) is 13.8 Å². The van der Waals surface area contributed by atoms with Gasteiger partial charge in [0.15, 0.2) is 5.60 Å². The van der Waals surface area contributed by atoms with E-state index in [1.807, 2.05) is 0 Å². The maximum absolute atomic E-state index is 12.4. The molecule has 2 N–H and O–H groups in total. The van der Waals surface area contributed by atoms with E-state index in [0.29, 0.717) is 0 Å². The van der Waals surface area contributed by atoms with E-state index in [1.165, 1.54) is 0 Å². The van der Waals surface area contributed by atoms with Crippen molar-refractivity contribution in [3.63, 3.8) is 0 Å². The Morgan fingerprint density at radius 3 is 1.64 bits per heavy atom. The van der Waals surface area contributed by atoms with Crippen molar-refractivity contribution in [2.24, 2.45) is 0 Å². The van der Waals surface area contributed by atoms with Gasteiger partial charge in [-0.3, -0.25) is 4.52 Å². The van der Waals surface area contributed by atoms with Crippen molar-refractivity contribution < 1.29 is 32.0 Å². The normalized spacial score (nSPS) is 14.5. The lowest BCUT2D eigenvalue weighted by molar-refractivity contribution is -0.255. The fourth-order valence-corrected chi connectivity index (χ4v) is 1.88. The van der Waals surface area contributed by atoms with Gasteiger partial charge in [-0.25, -0.2) is 4.57 Å². The first-order valence-electron chi connectivity index (χ1n) is 3.91. The number of hydrogen-bond donors (Lipinski definition) is 2. The Bertz CT molecular complexity index is 230. The van der Waals surface area contributed by atoms with Crippen LogP contribution in [0.3, 0.4) is 0 Å². The highest BCUT2D eigenvalue weighted by Gasteiger charge is 2.56. The topological polar surface area (TPSA) is 66.8 Å². The smallest absolute Gasteiger partial charge is 0.303 e. The molecule has 14 heavy (non-hydrogen) atoms. The molecule has 0 rings (SSSR count). The molecule has 86 valence electrons. The molecule has 0 radical (unpaired) electrons. The number of hydrogen-bond acceptors (Lipinski definition) is 2. The van der Waals surface area contributed by atoms with Crippen LogP contribution in [0.1, 0.15) is 26.7 Å². The molecule has 0 fully saturated rings. The number of phosphoric acid groups is 1. The van der Waals surface area contributed by atoms with E-state index in [9.17, 15) is 17.7 Å². The van der Waals surface area contributed by atoms with Crippen LogP contribution >= 0.6 is 7.82 Å². The number of alkyl halides is 3. The molecule has 0 aromatic carbocycles. The van der Waals surface area contributed by atoms with Crippen LogP contribution in [-0.2, 0) is 9.09 Å². The molecule has 0 unspecified atom stereocenters. The molecule has 0 aromatic rings. The Labute approximate surface area is 79.3 Å². The average Bonchev–Trinajstić information content (AvgIpc) is 1.96. The lowest BCUT2D eigenvalue weighted by Crippen LogP contribution is -2.45. The van der Waals surface area contributed by atoms with Crippen molar-refractivity contribution in [2.45, 2.75) is 38.5 Å². The minimum Gasteiger partial charge on any atom is -0.303 e. The Morgan fingerprint density at radius 2 is 1.57 bits per heavy atom. The summed E-state index contributed by atoms with van der Waals surface area (Å²) < 4.78 is 51.5. The molecule has 0 aliphatic carbocycles. The second-order valence-corrected chi connectivity index (χ2v) is 3.94. The van der Waals surface area contributed by atoms with Gasteiger partial charge in [0.2, 0.25) is 0 Å². The molecule has 0 amide bonds. The average molecular weight is 236 g/mol. The molecular weight excluding hydrogens is 224 g/mol. The van der Waals surface area contributed by atoms with Crippen molar-refractivity contribution >= 4 is 7.82 Å². The van der Waals surface area contributed by atoms with Crippen molar-refractivity contribution in [1.82, 2.24) is 0 Å². The Kier molecular flexibility index (Phi) is 4.15. The van der Waals surface area contributed by atoms with E-state index in [-0.39, 0.29) is 0 Å². The summed E-state index contributed by atoms with van der Waals surface area (Å²) in [5.41, 5.74) is -2.76. The number of halogens is 3. The Morgan fingerprint density at radius 1 is 1.21 bits per heavy atom. The van der Waals surface area contributed by atoms with E-state index in [4.69, 9.17) is 9.79 Å². The Balaban J connectivity index is 5.01. The highest BCUT2D eigenvalue weighted by Crippen LogP contribution is 2.50. The monoisotopic (exact) mass is 236 g/mol. The van der Waals surface area contributed by atoms with Crippen molar-refractivity contribution in [3.8, 4) is 0 Å². The molecule has 0 heterocycles. The van der Waals surface area contributed by atoms with Crippen LogP contribution < -0.4 is 0 Å². The molecule has 0 aliphatic rings. The minimum absolute atomic E-state index is 0.544. The zero-order valence-corrected chi connectivity index (χ0v) is 8.60. The maximum atomic E-state index is 12.4. The van der Waals surface area contributed by atoms with Gasteiger partial charge >= 0.3 is 14.0 Å². The van der Waals surface area contributed by atoms with Crippen LogP contribution in [0.5, 0.6) is 0 Å². The van der Waals surface area contributed by atoms with Crippen LogP contribution in [0.25, 0.3) is 0 Å². The second-order valence-electron chi connectivity index (χ2n) is 2.78. The molecule has 0 atom stereocenters. The van der Waals surface area contributed by atoms with Crippen molar-refractivity contribution in [2.75, 3.05) is 0 Å². The maximum Gasteiger partial charge on any atom is 0.470 e. The van der Waals surface area contributed by atoms with Gasteiger partial charge in [-0.05, 0) is 12.8 Å². The summed E-state index contributed by atoms with van der Waals surface area (Å²) in [5.74, 6) is 0. The first-order valence-corrected chi connectivity index (χ1v) is 5.44. The van der Waals surface area contributed by atoms with Crippen LogP contribution in [0.2, 0.25) is 0 Å². The van der Waals surface area contributed by atoms with E-state index in [1.54, 1.807) is 0 Å². The van der Waals surface area contributed by atoms with Gasteiger partial charge in [0.05, 0.1) is 0 Å². The summed E-state index contributed by atoms with van der Waals surface area (Å²) >= 11 is 0. The van der Waals surface area contributed by atoms with Crippen molar-refractivity contribution in [3.05, 3.63) is 0 Å². The third kappa shape index (κ3) is 3.24. The van der Waals surface area contributed by atoms with E-state index in [2.05, 4.69) is 4.52 Å². The highest BCUT2D eigenvalue weighted by molar-refractivity contribution is 7.46. The van der Waals surface area contributed by atoms with E-state index >= 15 is 0 Å². The van der Waals surface area contributed by atoms with Gasteiger partial charge in [0.1, 0.15) is 0 Å². The molecule has 4 nitrogen and oxygen atoms in total. The summed E-state index contributed by atoms with van der Waals surface area (Å²) in [6.07, 6.45) is -5.88. The zero-order valence-electron chi connectivity index (χ0n) is 7.71. The lowest BCUT2D eigenvalue weighted by Gasteiger charge is -2.33. The molecule has 0 saturated heterocycles. The van der Waals surface area contributed by atoms with Crippen LogP contribution in [-0.4, -0.2) is 21.6 Å².